The quantitative estimate of drug-likeness (QED) is 0.389. The Kier molecular flexibility index (Phi) is 5.46. The zero-order valence-corrected chi connectivity index (χ0v) is 16.1. The number of rotatable bonds is 6. The van der Waals surface area contributed by atoms with Crippen molar-refractivity contribution >= 4 is 17.9 Å². The molecule has 3 aliphatic rings. The smallest absolute Gasteiger partial charge is 0.306 e. The molecule has 1 spiro atoms. The van der Waals surface area contributed by atoms with Crippen LogP contribution in [0.3, 0.4) is 0 Å². The number of carbonyl (C=O) groups is 3. The molecule has 8 heteroatoms. The molecule has 5 atom stereocenters. The normalized spacial score (nSPS) is 33.7. The fraction of sp³-hybridized carbons (Fsp3) is 0.737. The van der Waals surface area contributed by atoms with Crippen LogP contribution in [0.1, 0.15) is 40.5 Å². The number of epoxide rings is 1. The third-order valence-electron chi connectivity index (χ3n) is 5.18. The maximum absolute atomic E-state index is 12.2. The average molecular weight is 382 g/mol. The first-order chi connectivity index (χ1) is 12.7. The molecule has 2 heterocycles. The fourth-order valence-corrected chi connectivity index (χ4v) is 4.00. The molecule has 1 saturated heterocycles. The first kappa shape index (κ1) is 19.7. The summed E-state index contributed by atoms with van der Waals surface area (Å²) in [5, 5.41) is 0. The minimum atomic E-state index is -0.829. The van der Waals surface area contributed by atoms with Gasteiger partial charge in [-0.25, -0.2) is 0 Å². The van der Waals surface area contributed by atoms with Crippen LogP contribution in [-0.2, 0) is 38.1 Å². The second-order valence-corrected chi connectivity index (χ2v) is 7.78. The van der Waals surface area contributed by atoms with Gasteiger partial charge in [0, 0.05) is 31.8 Å². The lowest BCUT2D eigenvalue weighted by atomic mass is 9.83. The molecule has 0 aromatic rings. The lowest BCUT2D eigenvalue weighted by Gasteiger charge is -2.34. The van der Waals surface area contributed by atoms with Gasteiger partial charge in [0.05, 0.1) is 18.8 Å². The van der Waals surface area contributed by atoms with Gasteiger partial charge in [-0.3, -0.25) is 14.4 Å². The van der Waals surface area contributed by atoms with Crippen molar-refractivity contribution in [2.45, 2.75) is 58.5 Å². The molecular formula is C19H26O8. The van der Waals surface area contributed by atoms with E-state index in [0.29, 0.717) is 19.4 Å². The van der Waals surface area contributed by atoms with Crippen LogP contribution in [-0.4, -0.2) is 49.1 Å². The van der Waals surface area contributed by atoms with Crippen LogP contribution in [0.5, 0.6) is 0 Å². The molecule has 0 radical (unpaired) electrons. The number of fused-ring (bicyclic) bond motifs is 2. The Morgan fingerprint density at radius 2 is 1.93 bits per heavy atom. The van der Waals surface area contributed by atoms with Crippen molar-refractivity contribution in [1.29, 1.82) is 0 Å². The van der Waals surface area contributed by atoms with E-state index < -0.39 is 29.9 Å². The summed E-state index contributed by atoms with van der Waals surface area (Å²) in [7, 11) is 0. The zero-order chi connectivity index (χ0) is 19.8. The molecule has 27 heavy (non-hydrogen) atoms. The second kappa shape index (κ2) is 7.50. The second-order valence-electron chi connectivity index (χ2n) is 7.78. The third-order valence-corrected chi connectivity index (χ3v) is 5.18. The monoisotopic (exact) mass is 382 g/mol. The van der Waals surface area contributed by atoms with Crippen molar-refractivity contribution in [2.75, 3.05) is 13.2 Å². The van der Waals surface area contributed by atoms with Gasteiger partial charge in [-0.2, -0.15) is 0 Å². The van der Waals surface area contributed by atoms with Crippen LogP contribution >= 0.6 is 0 Å². The van der Waals surface area contributed by atoms with E-state index in [1.807, 2.05) is 13.8 Å². The number of hydrogen-bond donors (Lipinski definition) is 0. The number of esters is 3. The Morgan fingerprint density at radius 1 is 1.22 bits per heavy atom. The van der Waals surface area contributed by atoms with Gasteiger partial charge in [0.1, 0.15) is 18.3 Å². The van der Waals surface area contributed by atoms with E-state index in [9.17, 15) is 14.4 Å². The summed E-state index contributed by atoms with van der Waals surface area (Å²) in [6.45, 7) is 7.01. The minimum absolute atomic E-state index is 0.0754. The van der Waals surface area contributed by atoms with E-state index in [-0.39, 0.29) is 30.3 Å². The Bertz CT molecular complexity index is 648. The van der Waals surface area contributed by atoms with Crippen molar-refractivity contribution in [3.05, 3.63) is 11.8 Å². The highest BCUT2D eigenvalue weighted by Gasteiger charge is 2.70. The van der Waals surface area contributed by atoms with Crippen molar-refractivity contribution in [2.24, 2.45) is 17.8 Å². The molecule has 0 aromatic heterocycles. The van der Waals surface area contributed by atoms with Gasteiger partial charge in [-0.05, 0) is 12.3 Å². The maximum atomic E-state index is 12.2. The highest BCUT2D eigenvalue weighted by atomic mass is 16.7. The van der Waals surface area contributed by atoms with Gasteiger partial charge in [0.15, 0.2) is 0 Å². The number of ether oxygens (including phenoxy) is 5. The van der Waals surface area contributed by atoms with Crippen LogP contribution in [0.15, 0.2) is 11.8 Å². The van der Waals surface area contributed by atoms with E-state index in [2.05, 4.69) is 0 Å². The summed E-state index contributed by atoms with van der Waals surface area (Å²) in [4.78, 5) is 34.9. The van der Waals surface area contributed by atoms with Gasteiger partial charge in [-0.15, -0.1) is 0 Å². The topological polar surface area (TPSA) is 101 Å². The molecule has 1 aliphatic carbocycles. The van der Waals surface area contributed by atoms with Crippen LogP contribution in [0, 0.1) is 17.8 Å². The van der Waals surface area contributed by atoms with Gasteiger partial charge < -0.3 is 23.7 Å². The molecule has 0 unspecified atom stereocenters. The summed E-state index contributed by atoms with van der Waals surface area (Å²) < 4.78 is 27.6. The van der Waals surface area contributed by atoms with Gasteiger partial charge in [0.25, 0.3) is 0 Å². The van der Waals surface area contributed by atoms with Crippen LogP contribution in [0.4, 0.5) is 0 Å². The Labute approximate surface area is 158 Å². The molecule has 2 fully saturated rings. The van der Waals surface area contributed by atoms with Gasteiger partial charge in [0.2, 0.25) is 6.29 Å². The number of hydrogen-bond acceptors (Lipinski definition) is 8. The van der Waals surface area contributed by atoms with E-state index in [1.54, 1.807) is 0 Å². The van der Waals surface area contributed by atoms with Crippen LogP contribution < -0.4 is 0 Å². The standard InChI is InChI=1S/C19H26O8/c1-10(2)5-16(22)27-15-6-14-13(7-23-11(3)20)8-24-18(26-12(4)21)17(14)19(15)9-25-19/h8,10,14-15,17-18H,5-7,9H2,1-4H3/t14-,15+,17-,18+,19-/m1/s1. The molecule has 0 aromatic carbocycles. The predicted octanol–water partition coefficient (Wildman–Crippen LogP) is 1.72. The molecular weight excluding hydrogens is 356 g/mol. The van der Waals surface area contributed by atoms with Crippen molar-refractivity contribution in [3.63, 3.8) is 0 Å². The Hall–Kier alpha value is -2.09. The molecule has 0 bridgehead atoms. The molecule has 1 saturated carbocycles. The summed E-state index contributed by atoms with van der Waals surface area (Å²) >= 11 is 0. The molecule has 0 N–H and O–H groups in total. The summed E-state index contributed by atoms with van der Waals surface area (Å²) in [5.41, 5.74) is 0.0311. The maximum Gasteiger partial charge on any atom is 0.306 e. The SMILES string of the molecule is CC(=O)OCC1=CO[C@@H](OC(C)=O)[C@H]2[C@@H]1C[C@H](OC(=O)CC(C)C)[C@]21CO1. The Balaban J connectivity index is 1.81. The molecule has 150 valence electrons. The highest BCUT2D eigenvalue weighted by Crippen LogP contribution is 2.57. The fourth-order valence-electron chi connectivity index (χ4n) is 4.00. The lowest BCUT2D eigenvalue weighted by Crippen LogP contribution is -2.44. The van der Waals surface area contributed by atoms with Crippen molar-refractivity contribution in [3.8, 4) is 0 Å². The lowest BCUT2D eigenvalue weighted by molar-refractivity contribution is -0.189. The van der Waals surface area contributed by atoms with E-state index in [1.165, 1.54) is 20.1 Å². The van der Waals surface area contributed by atoms with E-state index >= 15 is 0 Å². The first-order valence-corrected chi connectivity index (χ1v) is 9.21. The molecule has 8 nitrogen and oxygen atoms in total. The molecule has 2 aliphatic heterocycles. The third kappa shape index (κ3) is 4.10. The van der Waals surface area contributed by atoms with Gasteiger partial charge >= 0.3 is 17.9 Å². The van der Waals surface area contributed by atoms with Crippen LogP contribution in [0.2, 0.25) is 0 Å². The number of carbonyl (C=O) groups excluding carboxylic acids is 3. The van der Waals surface area contributed by atoms with Crippen LogP contribution in [0.25, 0.3) is 0 Å². The minimum Gasteiger partial charge on any atom is -0.462 e. The molecule has 3 rings (SSSR count). The van der Waals surface area contributed by atoms with Gasteiger partial charge in [-0.1, -0.05) is 13.8 Å². The summed E-state index contributed by atoms with van der Waals surface area (Å²) in [5.74, 6) is -1.42. The first-order valence-electron chi connectivity index (χ1n) is 9.21. The van der Waals surface area contributed by atoms with E-state index in [0.717, 1.165) is 5.57 Å². The molecule has 0 amide bonds. The zero-order valence-electron chi connectivity index (χ0n) is 16.1. The van der Waals surface area contributed by atoms with Crippen molar-refractivity contribution in [1.82, 2.24) is 0 Å². The average Bonchev–Trinajstić information content (AvgIpc) is 3.26. The van der Waals surface area contributed by atoms with E-state index in [4.69, 9.17) is 23.7 Å². The largest absolute Gasteiger partial charge is 0.462 e. The van der Waals surface area contributed by atoms with Crippen molar-refractivity contribution < 1.29 is 38.1 Å². The summed E-state index contributed by atoms with van der Waals surface area (Å²) in [6.07, 6.45) is 1.01. The predicted molar refractivity (Wildman–Crippen MR) is 91.0 cm³/mol. The Morgan fingerprint density at radius 3 is 2.48 bits per heavy atom. The summed E-state index contributed by atoms with van der Waals surface area (Å²) in [6, 6.07) is 0. The highest BCUT2D eigenvalue weighted by molar-refractivity contribution is 5.70.